The minimum absolute atomic E-state index is 0.0142. The Kier molecular flexibility index (Phi) is 9.05. The summed E-state index contributed by atoms with van der Waals surface area (Å²) in [5.41, 5.74) is 1.59. The number of fused-ring (bicyclic) bond motifs is 1. The van der Waals surface area contributed by atoms with E-state index in [0.717, 1.165) is 6.07 Å². The number of carbonyl (C=O) groups is 2. The number of nitro groups is 1. The Hall–Kier alpha value is -5.36. The van der Waals surface area contributed by atoms with Crippen molar-refractivity contribution in [3.63, 3.8) is 0 Å². The fourth-order valence-corrected chi connectivity index (χ4v) is 5.85. The van der Waals surface area contributed by atoms with Gasteiger partial charge in [-0.1, -0.05) is 41.7 Å². The monoisotopic (exact) mass is 627 g/mol. The van der Waals surface area contributed by atoms with Crippen molar-refractivity contribution in [2.45, 2.75) is 39.8 Å². The first kappa shape index (κ1) is 31.1. The highest BCUT2D eigenvalue weighted by Gasteiger charge is 2.33. The number of aromatic nitrogens is 1. The van der Waals surface area contributed by atoms with Crippen molar-refractivity contribution in [2.24, 2.45) is 4.99 Å². The molecule has 0 fully saturated rings. The van der Waals surface area contributed by atoms with Gasteiger partial charge in [-0.05, 0) is 75.2 Å². The molecule has 0 bridgehead atoms. The van der Waals surface area contributed by atoms with Gasteiger partial charge in [-0.25, -0.2) is 14.6 Å². The Morgan fingerprint density at radius 1 is 1.04 bits per heavy atom. The van der Waals surface area contributed by atoms with Crippen LogP contribution in [0.5, 0.6) is 11.5 Å². The molecule has 2 heterocycles. The number of hydrogen-bond acceptors (Lipinski definition) is 10. The zero-order valence-corrected chi connectivity index (χ0v) is 25.7. The van der Waals surface area contributed by atoms with Gasteiger partial charge in [0, 0.05) is 12.1 Å². The number of ether oxygens (including phenoxy) is 3. The molecule has 4 aromatic rings. The summed E-state index contributed by atoms with van der Waals surface area (Å²) in [5.74, 6) is -0.393. The molecule has 1 aromatic heterocycles. The quantitative estimate of drug-likeness (QED) is 0.113. The zero-order valence-electron chi connectivity index (χ0n) is 24.9. The standard InChI is InChI=1S/C33H29N3O8S/c1-5-42-32(39)28-20(4)34-33-35(29(28)22-11-15-25(16-12-22)43-19(2)3)30(37)27(45-33)17-21-9-13-26(14-10-21)44-31(38)23-7-6-8-24(18-23)36(40)41/h6-19,29H,5H2,1-4H3/b27-17-/t29-/m0/s1. The number of non-ortho nitro benzene ring substituents is 1. The van der Waals surface area contributed by atoms with E-state index in [1.807, 2.05) is 26.0 Å². The summed E-state index contributed by atoms with van der Waals surface area (Å²) in [6.45, 7) is 7.47. The van der Waals surface area contributed by atoms with Gasteiger partial charge in [-0.2, -0.15) is 0 Å². The molecule has 11 nitrogen and oxygen atoms in total. The normalized spacial score (nSPS) is 14.5. The van der Waals surface area contributed by atoms with E-state index in [4.69, 9.17) is 14.2 Å². The van der Waals surface area contributed by atoms with Gasteiger partial charge in [-0.3, -0.25) is 19.5 Å². The van der Waals surface area contributed by atoms with Crippen LogP contribution in [0.2, 0.25) is 0 Å². The molecule has 0 saturated carbocycles. The molecule has 1 atom stereocenters. The van der Waals surface area contributed by atoms with Crippen LogP contribution in [0.1, 0.15) is 55.2 Å². The number of nitro benzene ring substituents is 1. The average Bonchev–Trinajstić information content (AvgIpc) is 3.31. The molecule has 230 valence electrons. The van der Waals surface area contributed by atoms with Crippen molar-refractivity contribution in [2.75, 3.05) is 6.61 Å². The molecule has 0 saturated heterocycles. The van der Waals surface area contributed by atoms with Crippen LogP contribution in [0.25, 0.3) is 6.08 Å². The van der Waals surface area contributed by atoms with Crippen molar-refractivity contribution in [1.82, 2.24) is 4.57 Å². The summed E-state index contributed by atoms with van der Waals surface area (Å²) in [7, 11) is 0. The lowest BCUT2D eigenvalue weighted by Gasteiger charge is -2.25. The van der Waals surface area contributed by atoms with E-state index < -0.39 is 22.9 Å². The van der Waals surface area contributed by atoms with Gasteiger partial charge >= 0.3 is 11.9 Å². The first-order valence-electron chi connectivity index (χ1n) is 14.1. The van der Waals surface area contributed by atoms with Crippen molar-refractivity contribution >= 4 is 35.0 Å². The number of nitrogens with zero attached hydrogens (tertiary/aromatic N) is 3. The number of rotatable bonds is 9. The van der Waals surface area contributed by atoms with E-state index in [1.165, 1.54) is 34.1 Å². The molecule has 3 aromatic carbocycles. The Morgan fingerprint density at radius 2 is 1.73 bits per heavy atom. The predicted molar refractivity (Wildman–Crippen MR) is 167 cm³/mol. The first-order chi connectivity index (χ1) is 21.5. The topological polar surface area (TPSA) is 139 Å². The second-order valence-electron chi connectivity index (χ2n) is 10.3. The molecular formula is C33H29N3O8S. The van der Waals surface area contributed by atoms with Crippen LogP contribution in [0.3, 0.4) is 0 Å². The van der Waals surface area contributed by atoms with Crippen molar-refractivity contribution in [3.05, 3.63) is 131 Å². The molecule has 0 radical (unpaired) electrons. The minimum Gasteiger partial charge on any atom is -0.491 e. The number of allylic oxidation sites excluding steroid dienone is 1. The summed E-state index contributed by atoms with van der Waals surface area (Å²) >= 11 is 1.19. The second-order valence-corrected chi connectivity index (χ2v) is 11.3. The van der Waals surface area contributed by atoms with Crippen LogP contribution in [0.15, 0.2) is 93.9 Å². The van der Waals surface area contributed by atoms with Gasteiger partial charge in [0.05, 0.1) is 45.0 Å². The first-order valence-corrected chi connectivity index (χ1v) is 14.9. The highest BCUT2D eigenvalue weighted by molar-refractivity contribution is 7.07. The van der Waals surface area contributed by atoms with Crippen molar-refractivity contribution in [3.8, 4) is 11.5 Å². The summed E-state index contributed by atoms with van der Waals surface area (Å²) < 4.78 is 18.4. The molecule has 0 amide bonds. The highest BCUT2D eigenvalue weighted by Crippen LogP contribution is 2.32. The Balaban J connectivity index is 1.48. The zero-order chi connectivity index (χ0) is 32.2. The molecule has 0 aliphatic carbocycles. The smallest absolute Gasteiger partial charge is 0.343 e. The van der Waals surface area contributed by atoms with Crippen molar-refractivity contribution in [1.29, 1.82) is 0 Å². The van der Waals surface area contributed by atoms with Gasteiger partial charge in [-0.15, -0.1) is 0 Å². The third-order valence-electron chi connectivity index (χ3n) is 6.77. The van der Waals surface area contributed by atoms with E-state index in [1.54, 1.807) is 56.3 Å². The lowest BCUT2D eigenvalue weighted by Crippen LogP contribution is -2.39. The van der Waals surface area contributed by atoms with Crippen LogP contribution in [0, 0.1) is 10.1 Å². The molecular weight excluding hydrogens is 598 g/mol. The maximum Gasteiger partial charge on any atom is 0.343 e. The average molecular weight is 628 g/mol. The lowest BCUT2D eigenvalue weighted by molar-refractivity contribution is -0.384. The van der Waals surface area contributed by atoms with Crippen LogP contribution >= 0.6 is 11.3 Å². The summed E-state index contributed by atoms with van der Waals surface area (Å²) in [5, 5.41) is 11.0. The lowest BCUT2D eigenvalue weighted by atomic mass is 9.96. The molecule has 0 N–H and O–H groups in total. The van der Waals surface area contributed by atoms with E-state index in [9.17, 15) is 24.5 Å². The van der Waals surface area contributed by atoms with Crippen LogP contribution in [-0.2, 0) is 9.53 Å². The summed E-state index contributed by atoms with van der Waals surface area (Å²) in [4.78, 5) is 55.0. The SMILES string of the molecule is CCOC(=O)C1=C(C)N=c2s/c(=C\c3ccc(OC(=O)c4cccc([N+](=O)[O-])c4)cc3)c(=O)n2[C@H]1c1ccc(OC(C)C)cc1. The largest absolute Gasteiger partial charge is 0.491 e. The molecule has 45 heavy (non-hydrogen) atoms. The Labute approximate surface area is 261 Å². The van der Waals surface area contributed by atoms with E-state index in [0.29, 0.717) is 31.9 Å². The number of thiazole rings is 1. The Morgan fingerprint density at radius 3 is 2.38 bits per heavy atom. The van der Waals surface area contributed by atoms with Gasteiger partial charge < -0.3 is 14.2 Å². The number of benzene rings is 3. The molecule has 12 heteroatoms. The molecule has 1 aliphatic rings. The van der Waals surface area contributed by atoms with Gasteiger partial charge in [0.15, 0.2) is 4.80 Å². The third-order valence-corrected chi connectivity index (χ3v) is 7.75. The maximum atomic E-state index is 13.9. The van der Waals surface area contributed by atoms with Crippen LogP contribution in [0.4, 0.5) is 5.69 Å². The summed E-state index contributed by atoms with van der Waals surface area (Å²) in [6.07, 6.45) is 1.68. The minimum atomic E-state index is -0.758. The molecule has 0 unspecified atom stereocenters. The van der Waals surface area contributed by atoms with E-state index in [2.05, 4.69) is 4.99 Å². The Bertz CT molecular complexity index is 1990. The molecule has 1 aliphatic heterocycles. The van der Waals surface area contributed by atoms with E-state index in [-0.39, 0.29) is 40.8 Å². The number of hydrogen-bond donors (Lipinski definition) is 0. The number of esters is 2. The van der Waals surface area contributed by atoms with E-state index >= 15 is 0 Å². The van der Waals surface area contributed by atoms with Crippen molar-refractivity contribution < 1.29 is 28.7 Å². The third kappa shape index (κ3) is 6.75. The van der Waals surface area contributed by atoms with Gasteiger partial charge in [0.2, 0.25) is 0 Å². The highest BCUT2D eigenvalue weighted by atomic mass is 32.1. The van der Waals surface area contributed by atoms with Gasteiger partial charge in [0.25, 0.3) is 11.2 Å². The second kappa shape index (κ2) is 13.1. The predicted octanol–water partition coefficient (Wildman–Crippen LogP) is 4.71. The maximum absolute atomic E-state index is 13.9. The molecule has 0 spiro atoms. The van der Waals surface area contributed by atoms with Crippen LogP contribution in [-0.4, -0.2) is 34.1 Å². The molecule has 5 rings (SSSR count). The fraction of sp³-hybridized carbons (Fsp3) is 0.212. The number of carbonyl (C=O) groups excluding carboxylic acids is 2. The van der Waals surface area contributed by atoms with Gasteiger partial charge in [0.1, 0.15) is 11.5 Å². The summed E-state index contributed by atoms with van der Waals surface area (Å²) in [6, 6.07) is 18.2. The van der Waals surface area contributed by atoms with Crippen LogP contribution < -0.4 is 24.4 Å². The fourth-order valence-electron chi connectivity index (χ4n) is 4.80.